The molecule has 0 atom stereocenters. The molecular formula is C19H15N3O2. The molecule has 0 bridgehead atoms. The van der Waals surface area contributed by atoms with Crippen molar-refractivity contribution in [3.63, 3.8) is 0 Å². The summed E-state index contributed by atoms with van der Waals surface area (Å²) in [5.74, 6) is 0.338. The van der Waals surface area contributed by atoms with Gasteiger partial charge in [0.2, 0.25) is 5.95 Å². The Morgan fingerprint density at radius 1 is 0.917 bits per heavy atom. The molecule has 3 rings (SSSR count). The van der Waals surface area contributed by atoms with Crippen molar-refractivity contribution in [1.29, 1.82) is 0 Å². The number of esters is 1. The van der Waals surface area contributed by atoms with Crippen molar-refractivity contribution in [2.75, 3.05) is 5.73 Å². The molecule has 2 N–H and O–H groups in total. The first kappa shape index (κ1) is 15.4. The summed E-state index contributed by atoms with van der Waals surface area (Å²) in [5, 5.41) is 0. The van der Waals surface area contributed by atoms with Crippen LogP contribution in [-0.4, -0.2) is 15.9 Å². The van der Waals surface area contributed by atoms with Gasteiger partial charge in [0.15, 0.2) is 0 Å². The van der Waals surface area contributed by atoms with E-state index in [9.17, 15) is 4.79 Å². The molecule has 0 saturated heterocycles. The number of benzene rings is 2. The highest BCUT2D eigenvalue weighted by Gasteiger charge is 2.07. The number of hydrogen-bond acceptors (Lipinski definition) is 5. The number of nitrogens with two attached hydrogens (primary N) is 1. The van der Waals surface area contributed by atoms with Crippen LogP contribution in [-0.2, 0) is 0 Å². The Labute approximate surface area is 139 Å². The molecule has 0 fully saturated rings. The SMILES string of the molecule is Nc1ncc(C=Cc2cccc(OC(=O)c3ccccc3)c2)cn1. The van der Waals surface area contributed by atoms with Crippen molar-refractivity contribution < 1.29 is 9.53 Å². The molecule has 0 spiro atoms. The molecule has 24 heavy (non-hydrogen) atoms. The summed E-state index contributed by atoms with van der Waals surface area (Å²) in [4.78, 5) is 19.9. The highest BCUT2D eigenvalue weighted by atomic mass is 16.5. The summed E-state index contributed by atoms with van der Waals surface area (Å²) in [6.45, 7) is 0. The minimum Gasteiger partial charge on any atom is -0.423 e. The molecule has 0 amide bonds. The average Bonchev–Trinajstić information content (AvgIpc) is 2.62. The molecule has 118 valence electrons. The number of aromatic nitrogens is 2. The molecule has 2 aromatic carbocycles. The highest BCUT2D eigenvalue weighted by molar-refractivity contribution is 5.91. The largest absolute Gasteiger partial charge is 0.423 e. The summed E-state index contributed by atoms with van der Waals surface area (Å²) >= 11 is 0. The van der Waals surface area contributed by atoms with Gasteiger partial charge in [-0.1, -0.05) is 42.5 Å². The first-order valence-electron chi connectivity index (χ1n) is 7.33. The minimum atomic E-state index is -0.385. The van der Waals surface area contributed by atoms with Crippen LogP contribution >= 0.6 is 0 Å². The van der Waals surface area contributed by atoms with E-state index in [-0.39, 0.29) is 11.9 Å². The summed E-state index contributed by atoms with van der Waals surface area (Å²) in [6, 6.07) is 16.1. The van der Waals surface area contributed by atoms with Crippen LogP contribution in [0.2, 0.25) is 0 Å². The minimum absolute atomic E-state index is 0.238. The lowest BCUT2D eigenvalue weighted by Crippen LogP contribution is -2.08. The zero-order chi connectivity index (χ0) is 16.8. The zero-order valence-electron chi connectivity index (χ0n) is 12.8. The molecular weight excluding hydrogens is 302 g/mol. The monoisotopic (exact) mass is 317 g/mol. The van der Waals surface area contributed by atoms with Crippen LogP contribution in [0.15, 0.2) is 67.0 Å². The topological polar surface area (TPSA) is 78.1 Å². The van der Waals surface area contributed by atoms with Gasteiger partial charge >= 0.3 is 5.97 Å². The summed E-state index contributed by atoms with van der Waals surface area (Å²) < 4.78 is 5.39. The van der Waals surface area contributed by atoms with Gasteiger partial charge in [-0.2, -0.15) is 0 Å². The Bertz CT molecular complexity index is 859. The number of hydrogen-bond donors (Lipinski definition) is 1. The quantitative estimate of drug-likeness (QED) is 0.589. The highest BCUT2D eigenvalue weighted by Crippen LogP contribution is 2.17. The summed E-state index contributed by atoms with van der Waals surface area (Å²) in [6.07, 6.45) is 7.02. The maximum absolute atomic E-state index is 12.1. The maximum Gasteiger partial charge on any atom is 0.343 e. The van der Waals surface area contributed by atoms with E-state index in [2.05, 4.69) is 9.97 Å². The molecule has 0 aliphatic rings. The molecule has 0 saturated carbocycles. The first-order chi connectivity index (χ1) is 11.7. The fourth-order valence-electron chi connectivity index (χ4n) is 2.05. The third kappa shape index (κ3) is 4.04. The maximum atomic E-state index is 12.1. The standard InChI is InChI=1S/C19H15N3O2/c20-19-21-12-15(13-22-19)10-9-14-5-4-8-17(11-14)24-18(23)16-6-2-1-3-7-16/h1-13H,(H2,20,21,22). The second kappa shape index (κ2) is 7.19. The van der Waals surface area contributed by atoms with Crippen molar-refractivity contribution >= 4 is 24.1 Å². The van der Waals surface area contributed by atoms with Crippen molar-refractivity contribution in [1.82, 2.24) is 9.97 Å². The fraction of sp³-hybridized carbons (Fsp3) is 0. The van der Waals surface area contributed by atoms with Gasteiger partial charge in [0.05, 0.1) is 5.56 Å². The van der Waals surface area contributed by atoms with E-state index in [0.29, 0.717) is 11.3 Å². The summed E-state index contributed by atoms with van der Waals surface area (Å²) in [7, 11) is 0. The first-order valence-corrected chi connectivity index (χ1v) is 7.33. The average molecular weight is 317 g/mol. The lowest BCUT2D eigenvalue weighted by atomic mass is 10.1. The third-order valence-electron chi connectivity index (χ3n) is 3.24. The van der Waals surface area contributed by atoms with Gasteiger partial charge in [-0.25, -0.2) is 14.8 Å². The molecule has 1 heterocycles. The Balaban J connectivity index is 1.72. The van der Waals surface area contributed by atoms with Gasteiger partial charge in [-0.15, -0.1) is 0 Å². The van der Waals surface area contributed by atoms with E-state index in [4.69, 9.17) is 10.5 Å². The van der Waals surface area contributed by atoms with Crippen molar-refractivity contribution in [2.24, 2.45) is 0 Å². The van der Waals surface area contributed by atoms with Gasteiger partial charge in [0.1, 0.15) is 5.75 Å². The van der Waals surface area contributed by atoms with E-state index in [1.54, 1.807) is 48.8 Å². The smallest absolute Gasteiger partial charge is 0.343 e. The Morgan fingerprint density at radius 3 is 2.38 bits per heavy atom. The van der Waals surface area contributed by atoms with Gasteiger partial charge in [0.25, 0.3) is 0 Å². The Morgan fingerprint density at radius 2 is 1.62 bits per heavy atom. The van der Waals surface area contributed by atoms with Crippen LogP contribution in [0, 0.1) is 0 Å². The number of carbonyl (C=O) groups is 1. The molecule has 3 aromatic rings. The van der Waals surface area contributed by atoms with Crippen LogP contribution in [0.1, 0.15) is 21.5 Å². The lowest BCUT2D eigenvalue weighted by Gasteiger charge is -2.05. The van der Waals surface area contributed by atoms with Crippen LogP contribution in [0.4, 0.5) is 5.95 Å². The van der Waals surface area contributed by atoms with Crippen LogP contribution in [0.3, 0.4) is 0 Å². The van der Waals surface area contributed by atoms with Gasteiger partial charge in [-0.3, -0.25) is 0 Å². The van der Waals surface area contributed by atoms with Crippen molar-refractivity contribution in [3.8, 4) is 5.75 Å². The van der Waals surface area contributed by atoms with Crippen LogP contribution in [0.5, 0.6) is 5.75 Å². The number of nitrogen functional groups attached to an aromatic ring is 1. The van der Waals surface area contributed by atoms with E-state index in [1.165, 1.54) is 0 Å². The van der Waals surface area contributed by atoms with Gasteiger partial charge in [0, 0.05) is 18.0 Å². The van der Waals surface area contributed by atoms with Crippen LogP contribution in [0.25, 0.3) is 12.2 Å². The predicted molar refractivity (Wildman–Crippen MR) is 93.2 cm³/mol. The molecule has 0 radical (unpaired) electrons. The Hall–Kier alpha value is -3.47. The third-order valence-corrected chi connectivity index (χ3v) is 3.24. The van der Waals surface area contributed by atoms with Crippen molar-refractivity contribution in [2.45, 2.75) is 0 Å². The van der Waals surface area contributed by atoms with E-state index >= 15 is 0 Å². The number of carbonyl (C=O) groups excluding carboxylic acids is 1. The number of nitrogens with zero attached hydrogens (tertiary/aromatic N) is 2. The van der Waals surface area contributed by atoms with E-state index in [0.717, 1.165) is 11.1 Å². The predicted octanol–water partition coefficient (Wildman–Crippen LogP) is 3.45. The zero-order valence-corrected chi connectivity index (χ0v) is 12.8. The van der Waals surface area contributed by atoms with Crippen molar-refractivity contribution in [3.05, 3.63) is 83.7 Å². The van der Waals surface area contributed by atoms with E-state index < -0.39 is 0 Å². The number of anilines is 1. The number of ether oxygens (including phenoxy) is 1. The van der Waals surface area contributed by atoms with Gasteiger partial charge in [-0.05, 0) is 29.8 Å². The van der Waals surface area contributed by atoms with E-state index in [1.807, 2.05) is 30.4 Å². The molecule has 5 nitrogen and oxygen atoms in total. The second-order valence-corrected chi connectivity index (χ2v) is 5.04. The second-order valence-electron chi connectivity index (χ2n) is 5.04. The fourth-order valence-corrected chi connectivity index (χ4v) is 2.05. The van der Waals surface area contributed by atoms with Gasteiger partial charge < -0.3 is 10.5 Å². The number of rotatable bonds is 4. The summed E-state index contributed by atoms with van der Waals surface area (Å²) in [5.41, 5.74) is 7.69. The normalized spacial score (nSPS) is 10.7. The molecule has 1 aromatic heterocycles. The molecule has 0 aliphatic carbocycles. The Kier molecular flexibility index (Phi) is 4.62. The molecule has 0 unspecified atom stereocenters. The molecule has 5 heteroatoms. The van der Waals surface area contributed by atoms with Crippen LogP contribution < -0.4 is 10.5 Å². The molecule has 0 aliphatic heterocycles. The lowest BCUT2D eigenvalue weighted by molar-refractivity contribution is 0.0735.